The fraction of sp³-hybridized carbons (Fsp3) is 0.0625. The first-order valence-electron chi connectivity index (χ1n) is 6.44. The molecule has 0 radical (unpaired) electrons. The van der Waals surface area contributed by atoms with Gasteiger partial charge in [-0.1, -0.05) is 35.9 Å². The quantitative estimate of drug-likeness (QED) is 0.708. The highest BCUT2D eigenvalue weighted by molar-refractivity contribution is 9.10. The second-order valence-corrected chi connectivity index (χ2v) is 6.00. The van der Waals surface area contributed by atoms with Gasteiger partial charge in [0.15, 0.2) is 0 Å². The Labute approximate surface area is 136 Å². The molecule has 1 aromatic heterocycles. The van der Waals surface area contributed by atoms with E-state index in [0.717, 1.165) is 27.0 Å². The molecule has 0 unspecified atom stereocenters. The van der Waals surface area contributed by atoms with Gasteiger partial charge in [0.1, 0.15) is 5.82 Å². The minimum absolute atomic E-state index is 0.634. The number of nitrogens with two attached hydrogens (primary N) is 1. The monoisotopic (exact) mass is 361 g/mol. The molecule has 1 heterocycles. The number of benzene rings is 2. The summed E-state index contributed by atoms with van der Waals surface area (Å²) in [5, 5.41) is 5.29. The summed E-state index contributed by atoms with van der Waals surface area (Å²) in [5.41, 5.74) is 9.86. The fourth-order valence-electron chi connectivity index (χ4n) is 2.19. The molecule has 2 N–H and O–H groups in total. The van der Waals surface area contributed by atoms with Gasteiger partial charge >= 0.3 is 0 Å². The van der Waals surface area contributed by atoms with Crippen LogP contribution in [0.3, 0.4) is 0 Å². The van der Waals surface area contributed by atoms with Crippen molar-refractivity contribution in [2.75, 3.05) is 5.73 Å². The van der Waals surface area contributed by atoms with Gasteiger partial charge in [-0.2, -0.15) is 5.10 Å². The standard InChI is InChI=1S/C16H13BrClN3/c1-10-15(11-7-8-13(17)14(18)9-11)20-21(16(10)19)12-5-3-2-4-6-12/h2-9H,19H2,1H3. The molecule has 0 aliphatic heterocycles. The molecular weight excluding hydrogens is 350 g/mol. The lowest BCUT2D eigenvalue weighted by molar-refractivity contribution is 0.895. The van der Waals surface area contributed by atoms with E-state index in [1.165, 1.54) is 0 Å². The first-order chi connectivity index (χ1) is 10.1. The summed E-state index contributed by atoms with van der Waals surface area (Å²) in [5.74, 6) is 0.634. The number of hydrogen-bond acceptors (Lipinski definition) is 2. The van der Waals surface area contributed by atoms with Crippen LogP contribution in [-0.2, 0) is 0 Å². The first-order valence-corrected chi connectivity index (χ1v) is 7.61. The number of anilines is 1. The number of halogens is 2. The molecule has 0 aliphatic rings. The van der Waals surface area contributed by atoms with Crippen LogP contribution in [0.4, 0.5) is 5.82 Å². The smallest absolute Gasteiger partial charge is 0.130 e. The predicted octanol–water partition coefficient (Wildman–Crippen LogP) is 4.85. The Morgan fingerprint density at radius 1 is 1.14 bits per heavy atom. The van der Waals surface area contributed by atoms with E-state index < -0.39 is 0 Å². The van der Waals surface area contributed by atoms with Crippen LogP contribution in [0.1, 0.15) is 5.56 Å². The van der Waals surface area contributed by atoms with Crippen molar-refractivity contribution in [3.63, 3.8) is 0 Å². The Hall–Kier alpha value is -1.78. The fourth-order valence-corrected chi connectivity index (χ4v) is 2.62. The van der Waals surface area contributed by atoms with Crippen molar-refractivity contribution < 1.29 is 0 Å². The second-order valence-electron chi connectivity index (χ2n) is 4.74. The Balaban J connectivity index is 2.15. The average Bonchev–Trinajstić information content (AvgIpc) is 2.79. The van der Waals surface area contributed by atoms with Crippen molar-refractivity contribution in [2.24, 2.45) is 0 Å². The molecule has 3 aromatic rings. The Morgan fingerprint density at radius 3 is 2.52 bits per heavy atom. The van der Waals surface area contributed by atoms with Crippen LogP contribution in [0, 0.1) is 6.92 Å². The molecule has 2 aromatic carbocycles. The van der Waals surface area contributed by atoms with Crippen molar-refractivity contribution >= 4 is 33.3 Å². The van der Waals surface area contributed by atoms with Crippen LogP contribution < -0.4 is 5.73 Å². The van der Waals surface area contributed by atoms with Gasteiger partial charge in [0.25, 0.3) is 0 Å². The lowest BCUT2D eigenvalue weighted by Gasteiger charge is -2.03. The van der Waals surface area contributed by atoms with Crippen LogP contribution in [0.2, 0.25) is 5.02 Å². The zero-order valence-electron chi connectivity index (χ0n) is 11.3. The molecule has 0 saturated heterocycles. The number of rotatable bonds is 2. The van der Waals surface area contributed by atoms with E-state index in [-0.39, 0.29) is 0 Å². The van der Waals surface area contributed by atoms with E-state index in [2.05, 4.69) is 21.0 Å². The number of nitrogen functional groups attached to an aromatic ring is 1. The number of nitrogens with zero attached hydrogens (tertiary/aromatic N) is 2. The van der Waals surface area contributed by atoms with E-state index in [9.17, 15) is 0 Å². The van der Waals surface area contributed by atoms with Crippen molar-refractivity contribution in [3.8, 4) is 16.9 Å². The third-order valence-electron chi connectivity index (χ3n) is 3.36. The SMILES string of the molecule is Cc1c(-c2ccc(Br)c(Cl)c2)nn(-c2ccccc2)c1N. The topological polar surface area (TPSA) is 43.8 Å². The lowest BCUT2D eigenvalue weighted by Crippen LogP contribution is -2.01. The van der Waals surface area contributed by atoms with Gasteiger partial charge in [0.05, 0.1) is 16.4 Å². The van der Waals surface area contributed by atoms with E-state index in [1.54, 1.807) is 4.68 Å². The highest BCUT2D eigenvalue weighted by atomic mass is 79.9. The van der Waals surface area contributed by atoms with Gasteiger partial charge in [0, 0.05) is 15.6 Å². The highest BCUT2D eigenvalue weighted by Crippen LogP contribution is 2.32. The lowest BCUT2D eigenvalue weighted by atomic mass is 10.1. The number of hydrogen-bond donors (Lipinski definition) is 1. The van der Waals surface area contributed by atoms with Crippen molar-refractivity contribution in [1.82, 2.24) is 9.78 Å². The van der Waals surface area contributed by atoms with Crippen LogP contribution in [-0.4, -0.2) is 9.78 Å². The Bertz CT molecular complexity index is 797. The second kappa shape index (κ2) is 5.54. The minimum atomic E-state index is 0.634. The summed E-state index contributed by atoms with van der Waals surface area (Å²) in [7, 11) is 0. The Kier molecular flexibility index (Phi) is 3.74. The van der Waals surface area contributed by atoms with Crippen molar-refractivity contribution in [1.29, 1.82) is 0 Å². The zero-order valence-corrected chi connectivity index (χ0v) is 13.7. The molecule has 0 fully saturated rings. The zero-order chi connectivity index (χ0) is 15.0. The molecule has 0 amide bonds. The third-order valence-corrected chi connectivity index (χ3v) is 4.59. The van der Waals surface area contributed by atoms with Crippen LogP contribution in [0.5, 0.6) is 0 Å². The molecule has 106 valence electrons. The largest absolute Gasteiger partial charge is 0.383 e. The maximum atomic E-state index is 6.20. The maximum Gasteiger partial charge on any atom is 0.130 e. The molecule has 5 heteroatoms. The summed E-state index contributed by atoms with van der Waals surface area (Å²) in [6.07, 6.45) is 0. The first kappa shape index (κ1) is 14.2. The van der Waals surface area contributed by atoms with E-state index in [4.69, 9.17) is 17.3 Å². The molecule has 21 heavy (non-hydrogen) atoms. The van der Waals surface area contributed by atoms with Gasteiger partial charge in [-0.3, -0.25) is 0 Å². The third kappa shape index (κ3) is 2.57. The molecule has 3 nitrogen and oxygen atoms in total. The molecule has 0 saturated carbocycles. The normalized spacial score (nSPS) is 10.8. The van der Waals surface area contributed by atoms with Crippen LogP contribution in [0.25, 0.3) is 16.9 Å². The van der Waals surface area contributed by atoms with Crippen LogP contribution >= 0.6 is 27.5 Å². The summed E-state index contributed by atoms with van der Waals surface area (Å²) in [4.78, 5) is 0. The van der Waals surface area contributed by atoms with E-state index in [1.807, 2.05) is 55.5 Å². The van der Waals surface area contributed by atoms with E-state index in [0.29, 0.717) is 10.8 Å². The molecule has 0 spiro atoms. The summed E-state index contributed by atoms with van der Waals surface area (Å²) in [6.45, 7) is 1.97. The molecular formula is C16H13BrClN3. The molecule has 0 atom stereocenters. The predicted molar refractivity (Wildman–Crippen MR) is 90.9 cm³/mol. The molecule has 0 aliphatic carbocycles. The summed E-state index contributed by atoms with van der Waals surface area (Å²) in [6, 6.07) is 15.6. The molecule has 3 rings (SSSR count). The van der Waals surface area contributed by atoms with Crippen LogP contribution in [0.15, 0.2) is 53.0 Å². The highest BCUT2D eigenvalue weighted by Gasteiger charge is 2.15. The minimum Gasteiger partial charge on any atom is -0.383 e. The molecule has 0 bridgehead atoms. The average molecular weight is 363 g/mol. The van der Waals surface area contributed by atoms with Gasteiger partial charge in [-0.05, 0) is 47.1 Å². The van der Waals surface area contributed by atoms with Crippen molar-refractivity contribution in [3.05, 3.63) is 63.6 Å². The van der Waals surface area contributed by atoms with Gasteiger partial charge in [-0.25, -0.2) is 4.68 Å². The maximum absolute atomic E-state index is 6.20. The number of aromatic nitrogens is 2. The van der Waals surface area contributed by atoms with E-state index >= 15 is 0 Å². The van der Waals surface area contributed by atoms with Gasteiger partial charge < -0.3 is 5.73 Å². The van der Waals surface area contributed by atoms with Gasteiger partial charge in [0.2, 0.25) is 0 Å². The van der Waals surface area contributed by atoms with Crippen molar-refractivity contribution in [2.45, 2.75) is 6.92 Å². The summed E-state index contributed by atoms with van der Waals surface area (Å²) >= 11 is 9.56. The summed E-state index contributed by atoms with van der Waals surface area (Å²) < 4.78 is 2.61. The number of para-hydroxylation sites is 1. The van der Waals surface area contributed by atoms with Gasteiger partial charge in [-0.15, -0.1) is 0 Å². The Morgan fingerprint density at radius 2 is 1.86 bits per heavy atom.